The van der Waals surface area contributed by atoms with Crippen LogP contribution in [0.15, 0.2) is 0 Å². The summed E-state index contributed by atoms with van der Waals surface area (Å²) in [5, 5.41) is 17.2. The number of aliphatic hydroxyl groups is 1. The predicted octanol–water partition coefficient (Wildman–Crippen LogP) is -0.316. The first-order valence-electron chi connectivity index (χ1n) is 3.24. The number of rotatable bonds is 2. The lowest BCUT2D eigenvalue weighted by atomic mass is 9.89. The fourth-order valence-corrected chi connectivity index (χ4v) is 0.667. The SMILES string of the molecule is B.CC(C)(C)CC(O)C(=O)O. The molecule has 0 saturated heterocycles. The Kier molecular flexibility index (Phi) is 5.23. The van der Waals surface area contributed by atoms with E-state index >= 15 is 0 Å². The molecule has 0 aliphatic carbocycles. The second-order valence-corrected chi connectivity index (χ2v) is 3.62. The minimum atomic E-state index is -1.22. The second kappa shape index (κ2) is 4.39. The maximum Gasteiger partial charge on any atom is 0.332 e. The monoisotopic (exact) mass is 160 g/mol. The zero-order valence-electron chi connectivity index (χ0n) is 6.59. The zero-order valence-corrected chi connectivity index (χ0v) is 6.59. The summed E-state index contributed by atoms with van der Waals surface area (Å²) in [6.07, 6.45) is -0.928. The van der Waals surface area contributed by atoms with Crippen molar-refractivity contribution in [2.45, 2.75) is 33.3 Å². The molecule has 1 unspecified atom stereocenters. The van der Waals surface area contributed by atoms with Gasteiger partial charge >= 0.3 is 5.97 Å². The van der Waals surface area contributed by atoms with E-state index in [1.807, 2.05) is 20.8 Å². The molecule has 0 saturated carbocycles. The van der Waals surface area contributed by atoms with Crippen molar-refractivity contribution in [2.24, 2.45) is 5.41 Å². The third kappa shape index (κ3) is 7.39. The summed E-state index contributed by atoms with van der Waals surface area (Å²) in [5.41, 5.74) is -0.127. The van der Waals surface area contributed by atoms with Gasteiger partial charge in [-0.3, -0.25) is 0 Å². The standard InChI is InChI=1S/C7H14O3.BH3/c1-7(2,3)4-5(8)6(9)10;/h5,8H,4H2,1-3H3,(H,9,10);1H3. The van der Waals surface area contributed by atoms with Crippen LogP contribution in [-0.2, 0) is 4.79 Å². The molecule has 0 spiro atoms. The second-order valence-electron chi connectivity index (χ2n) is 3.62. The number of carbonyl (C=O) groups is 1. The van der Waals surface area contributed by atoms with E-state index in [-0.39, 0.29) is 13.8 Å². The van der Waals surface area contributed by atoms with Gasteiger partial charge in [-0.1, -0.05) is 20.8 Å². The van der Waals surface area contributed by atoms with Gasteiger partial charge in [0.2, 0.25) is 0 Å². The first kappa shape index (κ1) is 13.1. The van der Waals surface area contributed by atoms with Crippen LogP contribution in [0.2, 0.25) is 0 Å². The summed E-state index contributed by atoms with van der Waals surface area (Å²) in [7, 11) is 0. The van der Waals surface area contributed by atoms with Crippen molar-refractivity contribution >= 4 is 14.4 Å². The molecular weight excluding hydrogens is 143 g/mol. The Hall–Kier alpha value is -0.505. The van der Waals surface area contributed by atoms with Crippen LogP contribution in [0.25, 0.3) is 0 Å². The Balaban J connectivity index is 0. The molecule has 1 atom stereocenters. The Labute approximate surface area is 69.0 Å². The smallest absolute Gasteiger partial charge is 0.332 e. The quantitative estimate of drug-likeness (QED) is 0.544. The molecule has 0 fully saturated rings. The number of carboxylic acids is 1. The van der Waals surface area contributed by atoms with Gasteiger partial charge in [0, 0.05) is 0 Å². The number of hydrogen-bond acceptors (Lipinski definition) is 2. The van der Waals surface area contributed by atoms with E-state index < -0.39 is 12.1 Å². The van der Waals surface area contributed by atoms with E-state index in [1.165, 1.54) is 0 Å². The van der Waals surface area contributed by atoms with E-state index in [1.54, 1.807) is 0 Å². The van der Waals surface area contributed by atoms with Crippen molar-refractivity contribution in [3.8, 4) is 0 Å². The Morgan fingerprint density at radius 2 is 1.82 bits per heavy atom. The molecule has 0 aromatic carbocycles. The van der Waals surface area contributed by atoms with Gasteiger partial charge in [-0.2, -0.15) is 0 Å². The van der Waals surface area contributed by atoms with Crippen molar-refractivity contribution < 1.29 is 15.0 Å². The molecule has 0 amide bonds. The Morgan fingerprint density at radius 3 is 1.91 bits per heavy atom. The lowest BCUT2D eigenvalue weighted by molar-refractivity contribution is -0.148. The molecule has 0 aliphatic heterocycles. The normalized spacial score (nSPS) is 13.5. The fraction of sp³-hybridized carbons (Fsp3) is 0.857. The lowest BCUT2D eigenvalue weighted by Gasteiger charge is -2.19. The fourth-order valence-electron chi connectivity index (χ4n) is 0.667. The maximum absolute atomic E-state index is 10.1. The summed E-state index contributed by atoms with van der Waals surface area (Å²) in [6.45, 7) is 5.66. The van der Waals surface area contributed by atoms with Gasteiger partial charge in [-0.15, -0.1) is 0 Å². The van der Waals surface area contributed by atoms with E-state index in [2.05, 4.69) is 0 Å². The van der Waals surface area contributed by atoms with Gasteiger partial charge in [-0.05, 0) is 11.8 Å². The molecule has 0 heterocycles. The van der Waals surface area contributed by atoms with Crippen LogP contribution in [0.4, 0.5) is 0 Å². The molecule has 0 aliphatic rings. The van der Waals surface area contributed by atoms with Crippen molar-refractivity contribution in [3.05, 3.63) is 0 Å². The average Bonchev–Trinajstić information content (AvgIpc) is 1.60. The van der Waals surface area contributed by atoms with Gasteiger partial charge in [-0.25, -0.2) is 4.79 Å². The Bertz CT molecular complexity index is 128. The summed E-state index contributed by atoms with van der Waals surface area (Å²) in [4.78, 5) is 10.1. The third-order valence-electron chi connectivity index (χ3n) is 1.09. The number of carboxylic acid groups (broad SMARTS) is 1. The molecule has 0 radical (unpaired) electrons. The lowest BCUT2D eigenvalue weighted by Crippen LogP contribution is -2.25. The molecule has 3 nitrogen and oxygen atoms in total. The third-order valence-corrected chi connectivity index (χ3v) is 1.09. The average molecular weight is 160 g/mol. The number of aliphatic carboxylic acids is 1. The summed E-state index contributed by atoms with van der Waals surface area (Å²) in [5.74, 6) is -1.14. The molecule has 11 heavy (non-hydrogen) atoms. The van der Waals surface area contributed by atoms with Gasteiger partial charge in [0.25, 0.3) is 0 Å². The highest BCUT2D eigenvalue weighted by molar-refractivity contribution is 5.75. The summed E-state index contributed by atoms with van der Waals surface area (Å²) >= 11 is 0. The van der Waals surface area contributed by atoms with Crippen LogP contribution < -0.4 is 0 Å². The van der Waals surface area contributed by atoms with Crippen molar-refractivity contribution in [1.29, 1.82) is 0 Å². The molecule has 2 N–H and O–H groups in total. The summed E-state index contributed by atoms with van der Waals surface area (Å²) in [6, 6.07) is 0. The predicted molar refractivity (Wildman–Crippen MR) is 47.7 cm³/mol. The molecule has 66 valence electrons. The molecule has 4 heteroatoms. The van der Waals surface area contributed by atoms with Crippen molar-refractivity contribution in [2.75, 3.05) is 0 Å². The van der Waals surface area contributed by atoms with Gasteiger partial charge < -0.3 is 10.2 Å². The molecular formula is C7H17BO3. The van der Waals surface area contributed by atoms with Crippen LogP contribution >= 0.6 is 0 Å². The molecule has 0 aromatic heterocycles. The largest absolute Gasteiger partial charge is 0.479 e. The zero-order chi connectivity index (χ0) is 8.36. The maximum atomic E-state index is 10.1. The van der Waals surface area contributed by atoms with Crippen LogP contribution in [0.1, 0.15) is 27.2 Å². The van der Waals surface area contributed by atoms with Crippen molar-refractivity contribution in [3.63, 3.8) is 0 Å². The molecule has 0 aromatic rings. The first-order valence-corrected chi connectivity index (χ1v) is 3.24. The minimum Gasteiger partial charge on any atom is -0.479 e. The van der Waals surface area contributed by atoms with E-state index in [0.29, 0.717) is 6.42 Å². The van der Waals surface area contributed by atoms with Gasteiger partial charge in [0.05, 0.1) is 8.41 Å². The Morgan fingerprint density at radius 1 is 1.45 bits per heavy atom. The van der Waals surface area contributed by atoms with Crippen LogP contribution in [0, 0.1) is 5.41 Å². The molecule has 0 rings (SSSR count). The van der Waals surface area contributed by atoms with E-state index in [0.717, 1.165) is 0 Å². The number of aliphatic hydroxyl groups excluding tert-OH is 1. The summed E-state index contributed by atoms with van der Waals surface area (Å²) < 4.78 is 0. The number of hydrogen-bond donors (Lipinski definition) is 2. The van der Waals surface area contributed by atoms with Gasteiger partial charge in [0.15, 0.2) is 6.10 Å². The highest BCUT2D eigenvalue weighted by Crippen LogP contribution is 2.20. The topological polar surface area (TPSA) is 57.5 Å². The van der Waals surface area contributed by atoms with Crippen molar-refractivity contribution in [1.82, 2.24) is 0 Å². The van der Waals surface area contributed by atoms with Crippen LogP contribution in [-0.4, -0.2) is 30.7 Å². The highest BCUT2D eigenvalue weighted by atomic mass is 16.4. The van der Waals surface area contributed by atoms with E-state index in [9.17, 15) is 4.79 Å². The van der Waals surface area contributed by atoms with Crippen LogP contribution in [0.5, 0.6) is 0 Å². The highest BCUT2D eigenvalue weighted by Gasteiger charge is 2.21. The van der Waals surface area contributed by atoms with E-state index in [4.69, 9.17) is 10.2 Å². The van der Waals surface area contributed by atoms with Gasteiger partial charge in [0.1, 0.15) is 0 Å². The van der Waals surface area contributed by atoms with Crippen LogP contribution in [0.3, 0.4) is 0 Å². The minimum absolute atomic E-state index is 0. The first-order chi connectivity index (χ1) is 4.33. The molecule has 0 bridgehead atoms.